The van der Waals surface area contributed by atoms with E-state index in [1.165, 1.54) is 0 Å². The van der Waals surface area contributed by atoms with E-state index in [2.05, 4.69) is 32.9 Å². The van der Waals surface area contributed by atoms with Gasteiger partial charge >= 0.3 is 0 Å². The highest BCUT2D eigenvalue weighted by atomic mass is 28.2. The molecule has 1 atom stereocenters. The number of ketones is 1. The van der Waals surface area contributed by atoms with Gasteiger partial charge in [0.05, 0.1) is 34.5 Å². The molecule has 0 radical (unpaired) electrons. The van der Waals surface area contributed by atoms with E-state index in [-0.39, 0.29) is 16.9 Å². The second kappa shape index (κ2) is 10.2. The SMILES string of the molecule is COc1cc(C2=C(c3cc(C)c(OC)c(C)c3)C(O[SiH2]C(C)(C)C)CC2=O)cc(OC)c1OC. The second-order valence-corrected chi connectivity index (χ2v) is 12.6. The van der Waals surface area contributed by atoms with Crippen molar-refractivity contribution in [3.05, 3.63) is 46.5 Å². The van der Waals surface area contributed by atoms with Crippen molar-refractivity contribution in [2.75, 3.05) is 28.4 Å². The molecule has 0 saturated heterocycles. The topological polar surface area (TPSA) is 63.2 Å². The standard InChI is InChI=1S/C27H36O6Si/c1-15-10-17(11-16(2)25(15)31-8)24-20(33-34-27(3,4)5)14-19(28)23(24)18-12-21(29-6)26(32-9)22(13-18)30-7/h10-13,20H,14,34H2,1-9H3. The molecule has 0 heterocycles. The average Bonchev–Trinajstić information content (AvgIpc) is 3.11. The number of Topliss-reactive ketones (excluding diaryl/α,β-unsaturated/α-hetero) is 1. The third-order valence-corrected chi connectivity index (χ3v) is 7.32. The van der Waals surface area contributed by atoms with Gasteiger partial charge in [0.25, 0.3) is 0 Å². The molecule has 0 aromatic heterocycles. The average molecular weight is 485 g/mol. The van der Waals surface area contributed by atoms with Crippen molar-refractivity contribution in [1.82, 2.24) is 0 Å². The third kappa shape index (κ3) is 5.15. The number of aryl methyl sites for hydroxylation is 2. The van der Waals surface area contributed by atoms with E-state index in [4.69, 9.17) is 23.4 Å². The van der Waals surface area contributed by atoms with E-state index in [0.29, 0.717) is 29.2 Å². The molecule has 7 heteroatoms. The summed E-state index contributed by atoms with van der Waals surface area (Å²) in [6.07, 6.45) is 0.0221. The maximum absolute atomic E-state index is 13.5. The number of carbonyl (C=O) groups is 1. The van der Waals surface area contributed by atoms with Gasteiger partial charge in [0.2, 0.25) is 5.75 Å². The number of ether oxygens (including phenoxy) is 4. The molecule has 0 N–H and O–H groups in total. The van der Waals surface area contributed by atoms with Gasteiger partial charge < -0.3 is 23.4 Å². The van der Waals surface area contributed by atoms with E-state index in [1.807, 2.05) is 26.0 Å². The zero-order chi connectivity index (χ0) is 25.2. The van der Waals surface area contributed by atoms with Crippen LogP contribution in [-0.4, -0.2) is 50.1 Å². The first-order chi connectivity index (χ1) is 16.0. The fourth-order valence-corrected chi connectivity index (χ4v) is 5.46. The molecular formula is C27H36O6Si. The summed E-state index contributed by atoms with van der Waals surface area (Å²) in [5.74, 6) is 2.40. The Labute approximate surface area is 205 Å². The maximum atomic E-state index is 13.5. The Bertz CT molecular complexity index is 1060. The van der Waals surface area contributed by atoms with Gasteiger partial charge in [-0.1, -0.05) is 20.8 Å². The minimum Gasteiger partial charge on any atom is -0.496 e. The number of methoxy groups -OCH3 is 4. The Morgan fingerprint density at radius 2 is 1.32 bits per heavy atom. The lowest BCUT2D eigenvalue weighted by atomic mass is 9.93. The molecule has 184 valence electrons. The van der Waals surface area contributed by atoms with E-state index >= 15 is 0 Å². The van der Waals surface area contributed by atoms with Crippen LogP contribution in [0.4, 0.5) is 0 Å². The number of carbonyl (C=O) groups excluding carboxylic acids is 1. The first-order valence-corrected chi connectivity index (χ1v) is 12.7. The fraction of sp³-hybridized carbons (Fsp3) is 0.444. The van der Waals surface area contributed by atoms with Gasteiger partial charge in [-0.05, 0) is 71.0 Å². The largest absolute Gasteiger partial charge is 0.496 e. The summed E-state index contributed by atoms with van der Waals surface area (Å²) in [5, 5.41) is 0.106. The molecule has 1 aliphatic carbocycles. The lowest BCUT2D eigenvalue weighted by molar-refractivity contribution is -0.114. The molecule has 6 nitrogen and oxygen atoms in total. The Hall–Kier alpha value is -2.77. The van der Waals surface area contributed by atoms with Gasteiger partial charge in [0.15, 0.2) is 27.0 Å². The normalized spacial score (nSPS) is 16.5. The molecule has 0 amide bonds. The number of rotatable bonds is 8. The van der Waals surface area contributed by atoms with Crippen molar-refractivity contribution in [2.45, 2.75) is 52.2 Å². The smallest absolute Gasteiger partial charge is 0.203 e. The van der Waals surface area contributed by atoms with E-state index < -0.39 is 9.76 Å². The quantitative estimate of drug-likeness (QED) is 0.496. The van der Waals surface area contributed by atoms with Crippen molar-refractivity contribution < 1.29 is 28.2 Å². The van der Waals surface area contributed by atoms with Crippen molar-refractivity contribution in [2.24, 2.45) is 0 Å². The number of allylic oxidation sites excluding steroid dienone is 1. The zero-order valence-corrected chi connectivity index (χ0v) is 23.2. The maximum Gasteiger partial charge on any atom is 0.203 e. The molecule has 0 saturated carbocycles. The van der Waals surface area contributed by atoms with Crippen LogP contribution in [0.3, 0.4) is 0 Å². The van der Waals surface area contributed by atoms with Gasteiger partial charge in [0, 0.05) is 12.0 Å². The Balaban J connectivity index is 2.28. The zero-order valence-electron chi connectivity index (χ0n) is 21.8. The Morgan fingerprint density at radius 1 is 0.794 bits per heavy atom. The lowest BCUT2D eigenvalue weighted by Gasteiger charge is -2.24. The highest BCUT2D eigenvalue weighted by Gasteiger charge is 2.36. The first kappa shape index (κ1) is 25.8. The minimum absolute atomic E-state index is 0.0447. The minimum atomic E-state index is -0.888. The van der Waals surface area contributed by atoms with Crippen LogP contribution < -0.4 is 18.9 Å². The van der Waals surface area contributed by atoms with Gasteiger partial charge in [0.1, 0.15) is 5.75 Å². The number of benzene rings is 2. The molecule has 34 heavy (non-hydrogen) atoms. The summed E-state index contributed by atoms with van der Waals surface area (Å²) < 4.78 is 28.7. The van der Waals surface area contributed by atoms with Crippen molar-refractivity contribution in [1.29, 1.82) is 0 Å². The van der Waals surface area contributed by atoms with Crippen LogP contribution in [0, 0.1) is 13.8 Å². The highest BCUT2D eigenvalue weighted by molar-refractivity contribution is 6.35. The van der Waals surface area contributed by atoms with Crippen LogP contribution in [0.5, 0.6) is 23.0 Å². The molecule has 2 aromatic rings. The van der Waals surface area contributed by atoms with Crippen LogP contribution in [0.2, 0.25) is 5.04 Å². The molecule has 0 spiro atoms. The second-order valence-electron chi connectivity index (χ2n) is 9.83. The van der Waals surface area contributed by atoms with E-state index in [9.17, 15) is 4.79 Å². The summed E-state index contributed by atoms with van der Waals surface area (Å²) in [4.78, 5) is 13.5. The first-order valence-electron chi connectivity index (χ1n) is 11.4. The summed E-state index contributed by atoms with van der Waals surface area (Å²) in [7, 11) is 5.50. The van der Waals surface area contributed by atoms with Crippen LogP contribution >= 0.6 is 0 Å². The molecule has 3 rings (SSSR count). The van der Waals surface area contributed by atoms with E-state index in [0.717, 1.165) is 33.6 Å². The molecule has 0 aliphatic heterocycles. The van der Waals surface area contributed by atoms with Gasteiger partial charge in [-0.3, -0.25) is 4.79 Å². The molecule has 1 unspecified atom stereocenters. The predicted molar refractivity (Wildman–Crippen MR) is 138 cm³/mol. The molecule has 2 aromatic carbocycles. The summed E-state index contributed by atoms with van der Waals surface area (Å²) in [6.45, 7) is 10.6. The van der Waals surface area contributed by atoms with Crippen molar-refractivity contribution >= 4 is 26.7 Å². The monoisotopic (exact) mass is 484 g/mol. The summed E-state index contributed by atoms with van der Waals surface area (Å²) in [6, 6.07) is 7.82. The van der Waals surface area contributed by atoms with Gasteiger partial charge in [-0.2, -0.15) is 0 Å². The Kier molecular flexibility index (Phi) is 7.78. The third-order valence-electron chi connectivity index (χ3n) is 5.89. The van der Waals surface area contributed by atoms with Crippen molar-refractivity contribution in [3.63, 3.8) is 0 Å². The molecule has 0 fully saturated rings. The van der Waals surface area contributed by atoms with Crippen LogP contribution in [0.1, 0.15) is 49.4 Å². The Morgan fingerprint density at radius 3 is 1.76 bits per heavy atom. The van der Waals surface area contributed by atoms with Crippen LogP contribution in [0.25, 0.3) is 11.1 Å². The molecule has 1 aliphatic rings. The molecular weight excluding hydrogens is 448 g/mol. The number of hydrogen-bond acceptors (Lipinski definition) is 6. The highest BCUT2D eigenvalue weighted by Crippen LogP contribution is 2.46. The molecule has 0 bridgehead atoms. The van der Waals surface area contributed by atoms with Gasteiger partial charge in [-0.25, -0.2) is 0 Å². The van der Waals surface area contributed by atoms with Gasteiger partial charge in [-0.15, -0.1) is 0 Å². The summed E-state index contributed by atoms with van der Waals surface area (Å²) >= 11 is 0. The van der Waals surface area contributed by atoms with Crippen molar-refractivity contribution in [3.8, 4) is 23.0 Å². The predicted octanol–water partition coefficient (Wildman–Crippen LogP) is 4.91. The fourth-order valence-electron chi connectivity index (χ4n) is 4.48. The van der Waals surface area contributed by atoms with E-state index in [1.54, 1.807) is 28.4 Å². The van der Waals surface area contributed by atoms with Crippen LogP contribution in [-0.2, 0) is 9.22 Å². The van der Waals surface area contributed by atoms with Crippen LogP contribution in [0.15, 0.2) is 24.3 Å². The summed E-state index contributed by atoms with van der Waals surface area (Å²) in [5.41, 5.74) is 5.27. The lowest BCUT2D eigenvalue weighted by Crippen LogP contribution is -2.21. The number of hydrogen-bond donors (Lipinski definition) is 0.